The molecule has 0 bridgehead atoms. The van der Waals surface area contributed by atoms with E-state index in [4.69, 9.17) is 9.47 Å². The number of nitrogens with one attached hydrogen (secondary N) is 2. The van der Waals surface area contributed by atoms with Crippen LogP contribution in [-0.4, -0.2) is 41.6 Å². The van der Waals surface area contributed by atoms with Gasteiger partial charge in [0.05, 0.1) is 4.92 Å². The van der Waals surface area contributed by atoms with Crippen LogP contribution in [0.3, 0.4) is 0 Å². The molecule has 1 aliphatic rings. The number of nitro benzene ring substituents is 1. The summed E-state index contributed by atoms with van der Waals surface area (Å²) in [6.45, 7) is 0.127. The monoisotopic (exact) mass is 417 g/mol. The highest BCUT2D eigenvalue weighted by molar-refractivity contribution is 7.98. The third-order valence-corrected chi connectivity index (χ3v) is 4.84. The molecule has 1 heterocycles. The Kier molecular flexibility index (Phi) is 6.55. The zero-order chi connectivity index (χ0) is 20.8. The molecule has 2 N–H and O–H groups in total. The lowest BCUT2D eigenvalue weighted by molar-refractivity contribution is -0.384. The molecule has 0 saturated heterocycles. The second-order valence-corrected chi connectivity index (χ2v) is 7.16. The molecule has 3 rings (SSSR count). The van der Waals surface area contributed by atoms with Crippen LogP contribution in [0.15, 0.2) is 42.5 Å². The number of benzene rings is 2. The topological polar surface area (TPSA) is 120 Å². The van der Waals surface area contributed by atoms with E-state index in [1.165, 1.54) is 24.3 Å². The minimum absolute atomic E-state index is 0.115. The largest absolute Gasteiger partial charge is 0.454 e. The highest BCUT2D eigenvalue weighted by Crippen LogP contribution is 2.34. The number of nitro groups is 1. The number of hydrogen-bond acceptors (Lipinski definition) is 7. The summed E-state index contributed by atoms with van der Waals surface area (Å²) in [6, 6.07) is 9.58. The fourth-order valence-corrected chi connectivity index (χ4v) is 3.18. The number of amides is 2. The first-order chi connectivity index (χ1) is 14.0. The minimum atomic E-state index is -0.806. The van der Waals surface area contributed by atoms with Gasteiger partial charge in [0, 0.05) is 29.4 Å². The Morgan fingerprint density at radius 2 is 2.00 bits per heavy atom. The lowest BCUT2D eigenvalue weighted by atomic mass is 10.1. The van der Waals surface area contributed by atoms with Crippen molar-refractivity contribution in [3.05, 3.63) is 58.1 Å². The Morgan fingerprint density at radius 3 is 2.76 bits per heavy atom. The molecule has 0 unspecified atom stereocenters. The summed E-state index contributed by atoms with van der Waals surface area (Å²) < 4.78 is 10.5. The van der Waals surface area contributed by atoms with Crippen molar-refractivity contribution in [3.63, 3.8) is 0 Å². The highest BCUT2D eigenvalue weighted by Gasteiger charge is 2.23. The molecular weight excluding hydrogens is 398 g/mol. The fourth-order valence-electron chi connectivity index (χ4n) is 2.71. The molecule has 0 aliphatic carbocycles. The number of non-ortho nitro benzene ring substituents is 1. The van der Waals surface area contributed by atoms with Crippen molar-refractivity contribution in [1.29, 1.82) is 0 Å². The lowest BCUT2D eigenvalue weighted by Gasteiger charge is -2.18. The first kappa shape index (κ1) is 20.5. The van der Waals surface area contributed by atoms with Gasteiger partial charge in [-0.15, -0.1) is 0 Å². The van der Waals surface area contributed by atoms with Crippen molar-refractivity contribution in [3.8, 4) is 11.5 Å². The van der Waals surface area contributed by atoms with Crippen molar-refractivity contribution in [2.45, 2.75) is 12.5 Å². The molecule has 9 nitrogen and oxygen atoms in total. The summed E-state index contributed by atoms with van der Waals surface area (Å²) in [5, 5.41) is 16.3. The zero-order valence-electron chi connectivity index (χ0n) is 15.5. The smallest absolute Gasteiger partial charge is 0.270 e. The van der Waals surface area contributed by atoms with Crippen molar-refractivity contribution >= 4 is 35.0 Å². The van der Waals surface area contributed by atoms with E-state index in [0.29, 0.717) is 29.4 Å². The van der Waals surface area contributed by atoms with Gasteiger partial charge >= 0.3 is 0 Å². The molecule has 2 aromatic carbocycles. The van der Waals surface area contributed by atoms with Crippen LogP contribution in [0.5, 0.6) is 11.5 Å². The van der Waals surface area contributed by atoms with Gasteiger partial charge in [-0.25, -0.2) is 0 Å². The SMILES string of the molecule is CSCC[C@@H](NC(=O)c1cccc([N+](=O)[O-])c1)C(=O)Nc1ccc2c(c1)OCO2. The Morgan fingerprint density at radius 1 is 1.21 bits per heavy atom. The maximum Gasteiger partial charge on any atom is 0.270 e. The molecule has 152 valence electrons. The third-order valence-electron chi connectivity index (χ3n) is 4.19. The minimum Gasteiger partial charge on any atom is -0.454 e. The number of nitrogens with zero attached hydrogens (tertiary/aromatic N) is 1. The first-order valence-corrected chi connectivity index (χ1v) is 10.1. The lowest BCUT2D eigenvalue weighted by Crippen LogP contribution is -2.44. The van der Waals surface area contributed by atoms with Crippen LogP contribution < -0.4 is 20.1 Å². The number of carbonyl (C=O) groups is 2. The number of ether oxygens (including phenoxy) is 2. The first-order valence-electron chi connectivity index (χ1n) is 8.72. The van der Waals surface area contributed by atoms with E-state index >= 15 is 0 Å². The number of anilines is 1. The van der Waals surface area contributed by atoms with Crippen LogP contribution in [0.4, 0.5) is 11.4 Å². The molecule has 0 saturated carbocycles. The Bertz CT molecular complexity index is 936. The Labute approximate surface area is 170 Å². The fraction of sp³-hybridized carbons (Fsp3) is 0.263. The molecule has 0 aromatic heterocycles. The maximum absolute atomic E-state index is 12.7. The molecular formula is C19H19N3O6S. The second kappa shape index (κ2) is 9.28. The second-order valence-electron chi connectivity index (χ2n) is 6.17. The third kappa shape index (κ3) is 5.17. The molecule has 2 aromatic rings. The van der Waals surface area contributed by atoms with Gasteiger partial charge in [-0.2, -0.15) is 11.8 Å². The number of rotatable bonds is 8. The summed E-state index contributed by atoms with van der Waals surface area (Å²) in [6.07, 6.45) is 2.30. The molecule has 10 heteroatoms. The van der Waals surface area contributed by atoms with Gasteiger partial charge in [0.15, 0.2) is 11.5 Å². The van der Waals surface area contributed by atoms with Gasteiger partial charge in [0.2, 0.25) is 12.7 Å². The van der Waals surface area contributed by atoms with Gasteiger partial charge in [-0.3, -0.25) is 19.7 Å². The molecule has 1 atom stereocenters. The van der Waals surface area contributed by atoms with E-state index in [0.717, 1.165) is 0 Å². The van der Waals surface area contributed by atoms with Gasteiger partial charge < -0.3 is 20.1 Å². The van der Waals surface area contributed by atoms with Gasteiger partial charge in [0.25, 0.3) is 11.6 Å². The molecule has 0 radical (unpaired) electrons. The standard InChI is InChI=1S/C19H19N3O6S/c1-29-8-7-15(21-18(23)12-3-2-4-14(9-12)22(25)26)19(24)20-13-5-6-16-17(10-13)28-11-27-16/h2-6,9-10,15H,7-8,11H2,1H3,(H,20,24)(H,21,23)/t15-/m1/s1. The van der Waals surface area contributed by atoms with Crippen molar-refractivity contribution < 1.29 is 24.0 Å². The number of hydrogen-bond donors (Lipinski definition) is 2. The van der Waals surface area contributed by atoms with Crippen LogP contribution in [-0.2, 0) is 4.79 Å². The summed E-state index contributed by atoms with van der Waals surface area (Å²) in [5.41, 5.74) is 0.436. The summed E-state index contributed by atoms with van der Waals surface area (Å²) in [4.78, 5) is 35.6. The van der Waals surface area contributed by atoms with Crippen molar-refractivity contribution in [2.75, 3.05) is 24.1 Å². The van der Waals surface area contributed by atoms with Crippen LogP contribution in [0.2, 0.25) is 0 Å². The maximum atomic E-state index is 12.7. The molecule has 2 amide bonds. The quantitative estimate of drug-likeness (QED) is 0.500. The van der Waals surface area contributed by atoms with Crippen LogP contribution in [0, 0.1) is 10.1 Å². The Balaban J connectivity index is 1.71. The number of thioether (sulfide) groups is 1. The van der Waals surface area contributed by atoms with Gasteiger partial charge in [-0.05, 0) is 36.6 Å². The number of fused-ring (bicyclic) bond motifs is 1. The molecule has 1 aliphatic heterocycles. The van der Waals surface area contributed by atoms with Gasteiger partial charge in [0.1, 0.15) is 6.04 Å². The van der Waals surface area contributed by atoms with Crippen LogP contribution in [0.25, 0.3) is 0 Å². The average molecular weight is 417 g/mol. The summed E-state index contributed by atoms with van der Waals surface area (Å²) >= 11 is 1.54. The van der Waals surface area contributed by atoms with E-state index < -0.39 is 22.8 Å². The van der Waals surface area contributed by atoms with E-state index in [2.05, 4.69) is 10.6 Å². The normalized spacial score (nSPS) is 12.9. The number of carbonyl (C=O) groups excluding carboxylic acids is 2. The highest BCUT2D eigenvalue weighted by atomic mass is 32.2. The van der Waals surface area contributed by atoms with E-state index in [-0.39, 0.29) is 18.0 Å². The van der Waals surface area contributed by atoms with E-state index in [1.807, 2.05) is 6.26 Å². The average Bonchev–Trinajstić information content (AvgIpc) is 3.18. The van der Waals surface area contributed by atoms with E-state index in [9.17, 15) is 19.7 Å². The molecule has 0 fully saturated rings. The van der Waals surface area contributed by atoms with E-state index in [1.54, 1.807) is 30.0 Å². The molecule has 29 heavy (non-hydrogen) atoms. The van der Waals surface area contributed by atoms with Gasteiger partial charge in [-0.1, -0.05) is 6.07 Å². The van der Waals surface area contributed by atoms with Crippen molar-refractivity contribution in [2.24, 2.45) is 0 Å². The predicted octanol–water partition coefficient (Wildman–Crippen LogP) is 2.81. The van der Waals surface area contributed by atoms with Crippen LogP contribution in [0.1, 0.15) is 16.8 Å². The summed E-state index contributed by atoms with van der Waals surface area (Å²) in [7, 11) is 0. The Hall–Kier alpha value is -3.27. The molecule has 0 spiro atoms. The van der Waals surface area contributed by atoms with Crippen molar-refractivity contribution in [1.82, 2.24) is 5.32 Å². The predicted molar refractivity (Wildman–Crippen MR) is 109 cm³/mol. The van der Waals surface area contributed by atoms with Crippen LogP contribution >= 0.6 is 11.8 Å². The summed E-state index contributed by atoms with van der Waals surface area (Å²) in [5.74, 6) is 0.830. The zero-order valence-corrected chi connectivity index (χ0v) is 16.4.